The Morgan fingerprint density at radius 3 is 2.43 bits per heavy atom. The third-order valence-electron chi connectivity index (χ3n) is 4.90. The number of rotatable bonds is 4. The standard InChI is InChI=1S/C21H18N2O5/c1-28-15-8-4-13(5-9-15)23-11-17(21(26)27)19-20(23)16(10-18(25)22-19)12-2-6-14(24)7-3-12/h2-9,11,16,24H,10H2,1H3,(H,22,25)(H,26,27)/t16-/m0/s1. The van der Waals surface area contributed by atoms with Crippen molar-refractivity contribution in [3.8, 4) is 17.2 Å². The predicted molar refractivity (Wildman–Crippen MR) is 102 cm³/mol. The van der Waals surface area contributed by atoms with E-state index in [1.54, 1.807) is 48.1 Å². The first-order chi connectivity index (χ1) is 13.5. The van der Waals surface area contributed by atoms with E-state index < -0.39 is 5.97 Å². The summed E-state index contributed by atoms with van der Waals surface area (Å²) in [5.74, 6) is -0.900. The van der Waals surface area contributed by atoms with Crippen LogP contribution in [-0.2, 0) is 4.79 Å². The molecule has 142 valence electrons. The van der Waals surface area contributed by atoms with E-state index >= 15 is 0 Å². The van der Waals surface area contributed by atoms with Crippen molar-refractivity contribution < 1.29 is 24.5 Å². The highest BCUT2D eigenvalue weighted by Gasteiger charge is 2.34. The number of carboxylic acids is 1. The number of carbonyl (C=O) groups is 2. The zero-order valence-electron chi connectivity index (χ0n) is 15.0. The van der Waals surface area contributed by atoms with Gasteiger partial charge in [-0.15, -0.1) is 0 Å². The Kier molecular flexibility index (Phi) is 4.27. The number of nitrogens with zero attached hydrogens (tertiary/aromatic N) is 1. The summed E-state index contributed by atoms with van der Waals surface area (Å²) < 4.78 is 6.98. The minimum atomic E-state index is -1.12. The summed E-state index contributed by atoms with van der Waals surface area (Å²) in [5.41, 5.74) is 2.59. The number of carbonyl (C=O) groups excluding carboxylic acids is 1. The fraction of sp³-hybridized carbons (Fsp3) is 0.143. The Labute approximate surface area is 160 Å². The first-order valence-electron chi connectivity index (χ1n) is 8.69. The van der Waals surface area contributed by atoms with Crippen molar-refractivity contribution >= 4 is 17.6 Å². The molecule has 7 nitrogen and oxygen atoms in total. The van der Waals surface area contributed by atoms with E-state index in [4.69, 9.17) is 4.74 Å². The van der Waals surface area contributed by atoms with Gasteiger partial charge in [-0.05, 0) is 42.0 Å². The van der Waals surface area contributed by atoms with Crippen molar-refractivity contribution in [2.24, 2.45) is 0 Å². The zero-order chi connectivity index (χ0) is 19.8. The van der Waals surface area contributed by atoms with E-state index in [9.17, 15) is 19.8 Å². The van der Waals surface area contributed by atoms with Gasteiger partial charge in [0.25, 0.3) is 0 Å². The number of ether oxygens (including phenoxy) is 1. The molecular formula is C21H18N2O5. The second kappa shape index (κ2) is 6.77. The van der Waals surface area contributed by atoms with Crippen LogP contribution in [0.15, 0.2) is 54.7 Å². The lowest BCUT2D eigenvalue weighted by Gasteiger charge is -2.26. The van der Waals surface area contributed by atoms with Crippen molar-refractivity contribution in [2.45, 2.75) is 12.3 Å². The van der Waals surface area contributed by atoms with Crippen LogP contribution in [0.25, 0.3) is 5.69 Å². The molecule has 2 aromatic carbocycles. The number of nitrogens with one attached hydrogen (secondary N) is 1. The third-order valence-corrected chi connectivity index (χ3v) is 4.90. The summed E-state index contributed by atoms with van der Waals surface area (Å²) in [4.78, 5) is 24.1. The normalized spacial score (nSPS) is 15.6. The van der Waals surface area contributed by atoms with Crippen molar-refractivity contribution in [1.29, 1.82) is 0 Å². The van der Waals surface area contributed by atoms with E-state index in [2.05, 4.69) is 5.32 Å². The molecule has 7 heteroatoms. The molecule has 1 aromatic heterocycles. The fourth-order valence-corrected chi connectivity index (χ4v) is 3.57. The van der Waals surface area contributed by atoms with Crippen LogP contribution in [0.4, 0.5) is 5.69 Å². The molecule has 2 heterocycles. The molecule has 1 aliphatic heterocycles. The van der Waals surface area contributed by atoms with E-state index in [1.165, 1.54) is 6.20 Å². The summed E-state index contributed by atoms with van der Waals surface area (Å²) in [6.07, 6.45) is 1.70. The summed E-state index contributed by atoms with van der Waals surface area (Å²) in [6, 6.07) is 13.8. The lowest BCUT2D eigenvalue weighted by atomic mass is 9.88. The van der Waals surface area contributed by atoms with Gasteiger partial charge in [-0.1, -0.05) is 12.1 Å². The van der Waals surface area contributed by atoms with Crippen LogP contribution in [0, 0.1) is 0 Å². The Morgan fingerprint density at radius 2 is 1.82 bits per heavy atom. The molecule has 0 saturated heterocycles. The number of amides is 1. The van der Waals surface area contributed by atoms with Crippen LogP contribution in [0.3, 0.4) is 0 Å². The Hall–Kier alpha value is -3.74. The minimum Gasteiger partial charge on any atom is -0.508 e. The SMILES string of the molecule is COc1ccc(-n2cc(C(=O)O)c3c2[C@H](c2ccc(O)cc2)CC(=O)N3)cc1. The lowest BCUT2D eigenvalue weighted by Crippen LogP contribution is -2.25. The molecule has 1 atom stereocenters. The summed E-state index contributed by atoms with van der Waals surface area (Å²) in [5, 5.41) is 22.0. The molecule has 28 heavy (non-hydrogen) atoms. The summed E-state index contributed by atoms with van der Waals surface area (Å²) in [6.45, 7) is 0. The second-order valence-electron chi connectivity index (χ2n) is 6.57. The van der Waals surface area contributed by atoms with E-state index in [1.807, 2.05) is 12.1 Å². The molecule has 0 fully saturated rings. The number of hydrogen-bond donors (Lipinski definition) is 3. The molecule has 0 unspecified atom stereocenters. The van der Waals surface area contributed by atoms with Crippen LogP contribution >= 0.6 is 0 Å². The molecule has 0 spiro atoms. The van der Waals surface area contributed by atoms with Crippen molar-refractivity contribution in [2.75, 3.05) is 12.4 Å². The van der Waals surface area contributed by atoms with Gasteiger partial charge in [0.05, 0.1) is 18.5 Å². The Morgan fingerprint density at radius 1 is 1.14 bits per heavy atom. The molecule has 1 amide bonds. The minimum absolute atomic E-state index is 0.0302. The van der Waals surface area contributed by atoms with Crippen molar-refractivity contribution in [1.82, 2.24) is 4.57 Å². The molecule has 0 saturated carbocycles. The van der Waals surface area contributed by atoms with Crippen LogP contribution in [0.5, 0.6) is 11.5 Å². The van der Waals surface area contributed by atoms with Gasteiger partial charge in [0.2, 0.25) is 5.91 Å². The largest absolute Gasteiger partial charge is 0.508 e. The average molecular weight is 378 g/mol. The lowest BCUT2D eigenvalue weighted by molar-refractivity contribution is -0.116. The van der Waals surface area contributed by atoms with E-state index in [0.29, 0.717) is 17.1 Å². The summed E-state index contributed by atoms with van der Waals surface area (Å²) in [7, 11) is 1.57. The number of aromatic hydroxyl groups is 1. The molecule has 0 radical (unpaired) electrons. The number of aromatic carboxylic acids is 1. The van der Waals surface area contributed by atoms with Crippen LogP contribution < -0.4 is 10.1 Å². The van der Waals surface area contributed by atoms with Gasteiger partial charge in [0.15, 0.2) is 0 Å². The van der Waals surface area contributed by atoms with Gasteiger partial charge < -0.3 is 24.8 Å². The number of hydrogen-bond acceptors (Lipinski definition) is 4. The van der Waals surface area contributed by atoms with Crippen molar-refractivity contribution in [3.63, 3.8) is 0 Å². The van der Waals surface area contributed by atoms with Crippen LogP contribution in [0.1, 0.15) is 34.0 Å². The Bertz CT molecular complexity index is 1050. The van der Waals surface area contributed by atoms with Gasteiger partial charge in [0, 0.05) is 24.2 Å². The predicted octanol–water partition coefficient (Wildman–Crippen LogP) is 3.36. The second-order valence-corrected chi connectivity index (χ2v) is 6.57. The quantitative estimate of drug-likeness (QED) is 0.646. The van der Waals surface area contributed by atoms with Crippen LogP contribution in [-0.4, -0.2) is 33.8 Å². The number of methoxy groups -OCH3 is 1. The maximum Gasteiger partial charge on any atom is 0.339 e. The van der Waals surface area contributed by atoms with Gasteiger partial charge in [-0.3, -0.25) is 4.79 Å². The molecule has 1 aliphatic rings. The number of carboxylic acid groups (broad SMARTS) is 1. The zero-order valence-corrected chi connectivity index (χ0v) is 15.0. The highest BCUT2D eigenvalue weighted by molar-refractivity contribution is 6.04. The number of phenols is 1. The molecule has 3 aromatic rings. The average Bonchev–Trinajstić information content (AvgIpc) is 3.07. The number of benzene rings is 2. The topological polar surface area (TPSA) is 101 Å². The Balaban J connectivity index is 1.92. The smallest absolute Gasteiger partial charge is 0.339 e. The molecule has 3 N–H and O–H groups in total. The number of anilines is 1. The first-order valence-corrected chi connectivity index (χ1v) is 8.69. The monoisotopic (exact) mass is 378 g/mol. The molecule has 0 aliphatic carbocycles. The number of aromatic nitrogens is 1. The van der Waals surface area contributed by atoms with Gasteiger partial charge in [0.1, 0.15) is 17.1 Å². The molecular weight excluding hydrogens is 360 g/mol. The van der Waals surface area contributed by atoms with Gasteiger partial charge in [-0.25, -0.2) is 4.79 Å². The van der Waals surface area contributed by atoms with Gasteiger partial charge >= 0.3 is 5.97 Å². The summed E-state index contributed by atoms with van der Waals surface area (Å²) >= 11 is 0. The fourth-order valence-electron chi connectivity index (χ4n) is 3.57. The maximum absolute atomic E-state index is 12.3. The first kappa shape index (κ1) is 17.7. The van der Waals surface area contributed by atoms with E-state index in [0.717, 1.165) is 11.3 Å². The maximum atomic E-state index is 12.3. The van der Waals surface area contributed by atoms with Crippen LogP contribution in [0.2, 0.25) is 0 Å². The molecule has 4 rings (SSSR count). The number of fused-ring (bicyclic) bond motifs is 1. The van der Waals surface area contributed by atoms with Gasteiger partial charge in [-0.2, -0.15) is 0 Å². The highest BCUT2D eigenvalue weighted by Crippen LogP contribution is 2.42. The molecule has 0 bridgehead atoms. The third kappa shape index (κ3) is 2.96. The van der Waals surface area contributed by atoms with E-state index in [-0.39, 0.29) is 29.6 Å². The number of phenolic OH excluding ortho intramolecular Hbond substituents is 1. The highest BCUT2D eigenvalue weighted by atomic mass is 16.5. The van der Waals surface area contributed by atoms with Crippen molar-refractivity contribution in [3.05, 3.63) is 71.5 Å².